The van der Waals surface area contributed by atoms with Crippen molar-refractivity contribution < 1.29 is 33.3 Å². The Labute approximate surface area is 228 Å². The zero-order chi connectivity index (χ0) is 27.4. The molecule has 3 amide bonds. The van der Waals surface area contributed by atoms with Crippen molar-refractivity contribution in [3.8, 4) is 11.5 Å². The quantitative estimate of drug-likeness (QED) is 0.578. The van der Waals surface area contributed by atoms with Crippen LogP contribution in [0.15, 0.2) is 48.5 Å². The molecule has 0 radical (unpaired) electrons. The second-order valence-electron chi connectivity index (χ2n) is 10.1. The molecule has 10 nitrogen and oxygen atoms in total. The fourth-order valence-corrected chi connectivity index (χ4v) is 5.64. The van der Waals surface area contributed by atoms with E-state index in [0.29, 0.717) is 61.7 Å². The first-order valence-electron chi connectivity index (χ1n) is 13.4. The van der Waals surface area contributed by atoms with Gasteiger partial charge in [0.05, 0.1) is 26.9 Å². The van der Waals surface area contributed by atoms with E-state index in [9.17, 15) is 14.4 Å². The number of hydrogen-bond donors (Lipinski definition) is 1. The van der Waals surface area contributed by atoms with Crippen LogP contribution < -0.4 is 14.8 Å². The standard InChI is InChI=1S/C29H35N3O7/c1-36-24-11-10-21(17-25(24)37-2)27(34)31-14-12-29(13-15-31)32(28(35)20-7-4-3-5-8-20)23(19-39-29)26(33)30-18-22-9-6-16-38-22/h3-5,7-8,10-11,17,22-23H,6,9,12-16,18-19H2,1-2H3,(H,30,33)/t22-,23-/m1/s1. The summed E-state index contributed by atoms with van der Waals surface area (Å²) in [5.74, 6) is 0.369. The minimum absolute atomic E-state index is 0.00524. The monoisotopic (exact) mass is 537 g/mol. The maximum atomic E-state index is 13.8. The van der Waals surface area contributed by atoms with Gasteiger partial charge in [0.2, 0.25) is 5.91 Å². The molecule has 10 heteroatoms. The van der Waals surface area contributed by atoms with Crippen LogP contribution in [0.1, 0.15) is 46.4 Å². The van der Waals surface area contributed by atoms with E-state index in [-0.39, 0.29) is 30.4 Å². The Morgan fingerprint density at radius 3 is 2.38 bits per heavy atom. The van der Waals surface area contributed by atoms with Crippen molar-refractivity contribution in [3.05, 3.63) is 59.7 Å². The predicted octanol–water partition coefficient (Wildman–Crippen LogP) is 2.47. The lowest BCUT2D eigenvalue weighted by atomic mass is 9.96. The number of carbonyl (C=O) groups excluding carboxylic acids is 3. The van der Waals surface area contributed by atoms with Crippen LogP contribution in [0.2, 0.25) is 0 Å². The molecule has 2 aromatic rings. The average molecular weight is 538 g/mol. The molecule has 39 heavy (non-hydrogen) atoms. The third-order valence-corrected chi connectivity index (χ3v) is 7.79. The second-order valence-corrected chi connectivity index (χ2v) is 10.1. The molecule has 2 atom stereocenters. The summed E-state index contributed by atoms with van der Waals surface area (Å²) in [6.45, 7) is 1.95. The average Bonchev–Trinajstić information content (AvgIpc) is 3.64. The van der Waals surface area contributed by atoms with Crippen molar-refractivity contribution in [2.75, 3.05) is 47.1 Å². The van der Waals surface area contributed by atoms with Crippen molar-refractivity contribution in [2.24, 2.45) is 0 Å². The van der Waals surface area contributed by atoms with Crippen LogP contribution in [0.4, 0.5) is 0 Å². The first-order valence-corrected chi connectivity index (χ1v) is 13.4. The van der Waals surface area contributed by atoms with Gasteiger partial charge < -0.3 is 29.2 Å². The van der Waals surface area contributed by atoms with Crippen LogP contribution >= 0.6 is 0 Å². The third kappa shape index (κ3) is 5.44. The first-order chi connectivity index (χ1) is 19.0. The lowest BCUT2D eigenvalue weighted by Crippen LogP contribution is -2.60. The molecule has 1 spiro atoms. The molecule has 0 bridgehead atoms. The smallest absolute Gasteiger partial charge is 0.256 e. The number of rotatable bonds is 7. The zero-order valence-corrected chi connectivity index (χ0v) is 22.4. The van der Waals surface area contributed by atoms with E-state index >= 15 is 0 Å². The van der Waals surface area contributed by atoms with Gasteiger partial charge in [-0.2, -0.15) is 0 Å². The molecule has 3 fully saturated rings. The highest BCUT2D eigenvalue weighted by atomic mass is 16.5. The van der Waals surface area contributed by atoms with E-state index in [2.05, 4.69) is 5.32 Å². The number of likely N-dealkylation sites (tertiary alicyclic amines) is 1. The molecule has 5 rings (SSSR count). The topological polar surface area (TPSA) is 107 Å². The van der Waals surface area contributed by atoms with E-state index in [1.54, 1.807) is 59.4 Å². The Morgan fingerprint density at radius 1 is 0.974 bits per heavy atom. The zero-order valence-electron chi connectivity index (χ0n) is 22.4. The molecule has 3 heterocycles. The number of carbonyl (C=O) groups is 3. The minimum Gasteiger partial charge on any atom is -0.493 e. The summed E-state index contributed by atoms with van der Waals surface area (Å²) in [5.41, 5.74) is -0.00430. The van der Waals surface area contributed by atoms with E-state index < -0.39 is 11.8 Å². The fourth-order valence-electron chi connectivity index (χ4n) is 5.64. The number of nitrogens with zero attached hydrogens (tertiary/aromatic N) is 2. The normalized spacial score (nSPS) is 22.1. The van der Waals surface area contributed by atoms with E-state index in [1.807, 2.05) is 6.07 Å². The number of hydrogen-bond acceptors (Lipinski definition) is 7. The van der Waals surface area contributed by atoms with Crippen LogP contribution in [0.5, 0.6) is 11.5 Å². The maximum absolute atomic E-state index is 13.8. The van der Waals surface area contributed by atoms with Gasteiger partial charge in [0.15, 0.2) is 11.5 Å². The summed E-state index contributed by atoms with van der Waals surface area (Å²) in [5, 5.41) is 2.97. The summed E-state index contributed by atoms with van der Waals surface area (Å²) < 4.78 is 22.6. The Balaban J connectivity index is 1.33. The van der Waals surface area contributed by atoms with Gasteiger partial charge in [0, 0.05) is 50.2 Å². The highest BCUT2D eigenvalue weighted by Gasteiger charge is 2.54. The Hall–Kier alpha value is -3.63. The summed E-state index contributed by atoms with van der Waals surface area (Å²) in [6.07, 6.45) is 2.66. The number of benzene rings is 2. The molecule has 0 saturated carbocycles. The lowest BCUT2D eigenvalue weighted by molar-refractivity contribution is -0.128. The molecule has 3 saturated heterocycles. The number of amides is 3. The van der Waals surface area contributed by atoms with Gasteiger partial charge >= 0.3 is 0 Å². The van der Waals surface area contributed by atoms with Gasteiger partial charge in [0.25, 0.3) is 11.8 Å². The molecule has 0 aliphatic carbocycles. The number of piperidine rings is 1. The molecule has 0 aromatic heterocycles. The molecule has 208 valence electrons. The third-order valence-electron chi connectivity index (χ3n) is 7.79. The van der Waals surface area contributed by atoms with Gasteiger partial charge in [-0.1, -0.05) is 18.2 Å². The second kappa shape index (κ2) is 11.6. The van der Waals surface area contributed by atoms with E-state index in [1.165, 1.54) is 7.11 Å². The van der Waals surface area contributed by atoms with Crippen LogP contribution in [0.3, 0.4) is 0 Å². The Morgan fingerprint density at radius 2 is 1.72 bits per heavy atom. The lowest BCUT2D eigenvalue weighted by Gasteiger charge is -2.44. The van der Waals surface area contributed by atoms with Gasteiger partial charge in [0.1, 0.15) is 11.8 Å². The highest BCUT2D eigenvalue weighted by Crippen LogP contribution is 2.39. The fraction of sp³-hybridized carbons (Fsp3) is 0.483. The molecule has 1 N–H and O–H groups in total. The summed E-state index contributed by atoms with van der Waals surface area (Å²) in [4.78, 5) is 43.8. The van der Waals surface area contributed by atoms with Crippen molar-refractivity contribution >= 4 is 17.7 Å². The molecule has 0 unspecified atom stereocenters. The summed E-state index contributed by atoms with van der Waals surface area (Å²) in [6, 6.07) is 13.2. The van der Waals surface area contributed by atoms with Crippen molar-refractivity contribution in [3.63, 3.8) is 0 Å². The van der Waals surface area contributed by atoms with Gasteiger partial charge in [-0.3, -0.25) is 19.3 Å². The van der Waals surface area contributed by atoms with Crippen LogP contribution in [0, 0.1) is 0 Å². The van der Waals surface area contributed by atoms with Gasteiger partial charge in [-0.05, 0) is 43.2 Å². The molecule has 3 aliphatic heterocycles. The van der Waals surface area contributed by atoms with E-state index in [0.717, 1.165) is 12.8 Å². The van der Waals surface area contributed by atoms with E-state index in [4.69, 9.17) is 18.9 Å². The molecular weight excluding hydrogens is 502 g/mol. The largest absolute Gasteiger partial charge is 0.493 e. The maximum Gasteiger partial charge on any atom is 0.256 e. The van der Waals surface area contributed by atoms with Crippen molar-refractivity contribution in [1.82, 2.24) is 15.1 Å². The summed E-state index contributed by atoms with van der Waals surface area (Å²) in [7, 11) is 3.07. The van der Waals surface area contributed by atoms with Crippen LogP contribution in [0.25, 0.3) is 0 Å². The van der Waals surface area contributed by atoms with Crippen LogP contribution in [-0.2, 0) is 14.3 Å². The number of ether oxygens (including phenoxy) is 4. The molecule has 3 aliphatic rings. The number of nitrogens with one attached hydrogen (secondary N) is 1. The SMILES string of the molecule is COc1ccc(C(=O)N2CCC3(CC2)OC[C@H](C(=O)NC[C@H]2CCCO2)N3C(=O)c2ccccc2)cc1OC. The summed E-state index contributed by atoms with van der Waals surface area (Å²) >= 11 is 0. The van der Waals surface area contributed by atoms with Crippen LogP contribution in [-0.4, -0.2) is 92.5 Å². The number of methoxy groups -OCH3 is 2. The predicted molar refractivity (Wildman–Crippen MR) is 142 cm³/mol. The highest BCUT2D eigenvalue weighted by molar-refractivity contribution is 5.98. The van der Waals surface area contributed by atoms with Gasteiger partial charge in [-0.25, -0.2) is 0 Å². The first kappa shape index (κ1) is 27.0. The molecular formula is C29H35N3O7. The molecule has 2 aromatic carbocycles. The Kier molecular flexibility index (Phi) is 8.04. The Bertz CT molecular complexity index is 1190. The van der Waals surface area contributed by atoms with Crippen molar-refractivity contribution in [1.29, 1.82) is 0 Å². The van der Waals surface area contributed by atoms with Crippen molar-refractivity contribution in [2.45, 2.75) is 43.6 Å². The minimum atomic E-state index is -0.979. The van der Waals surface area contributed by atoms with Gasteiger partial charge in [-0.15, -0.1) is 0 Å².